The summed E-state index contributed by atoms with van der Waals surface area (Å²) >= 11 is 1.85. The molecule has 0 saturated carbocycles. The molecule has 0 aromatic heterocycles. The third-order valence-electron chi connectivity index (χ3n) is 5.97. The number of rotatable bonds is 8. The Hall–Kier alpha value is -1.30. The monoisotopic (exact) mass is 445 g/mol. The van der Waals surface area contributed by atoms with E-state index in [1.165, 1.54) is 4.90 Å². The quantitative estimate of drug-likeness (QED) is 0.435. The number of hydrogen-bond donors (Lipinski definition) is 0. The van der Waals surface area contributed by atoms with Gasteiger partial charge in [-0.3, -0.25) is 0 Å². The van der Waals surface area contributed by atoms with Gasteiger partial charge in [-0.1, -0.05) is 62.1 Å². The predicted octanol–water partition coefficient (Wildman–Crippen LogP) is 6.51. The van der Waals surface area contributed by atoms with Gasteiger partial charge in [-0.2, -0.15) is 4.31 Å². The van der Waals surface area contributed by atoms with Crippen LogP contribution in [0.1, 0.15) is 62.1 Å². The van der Waals surface area contributed by atoms with Crippen LogP contribution >= 0.6 is 11.8 Å². The van der Waals surface area contributed by atoms with Crippen LogP contribution in [-0.2, 0) is 10.0 Å². The molecule has 3 nitrogen and oxygen atoms in total. The Morgan fingerprint density at radius 1 is 1.03 bits per heavy atom. The Kier molecular flexibility index (Phi) is 8.05. The molecular weight excluding hydrogens is 410 g/mol. The van der Waals surface area contributed by atoms with E-state index in [1.807, 2.05) is 55.0 Å². The van der Waals surface area contributed by atoms with Gasteiger partial charge in [0, 0.05) is 22.7 Å². The van der Waals surface area contributed by atoms with Crippen molar-refractivity contribution in [3.05, 3.63) is 59.2 Å². The van der Waals surface area contributed by atoms with Crippen molar-refractivity contribution in [1.82, 2.24) is 4.31 Å². The lowest BCUT2D eigenvalue weighted by atomic mass is 9.98. The van der Waals surface area contributed by atoms with Crippen LogP contribution in [0.15, 0.2) is 52.3 Å². The van der Waals surface area contributed by atoms with Gasteiger partial charge < -0.3 is 0 Å². The zero-order valence-corrected chi connectivity index (χ0v) is 20.4. The van der Waals surface area contributed by atoms with Crippen molar-refractivity contribution in [2.24, 2.45) is 0 Å². The molecule has 30 heavy (non-hydrogen) atoms. The van der Waals surface area contributed by atoms with E-state index in [0.29, 0.717) is 16.7 Å². The lowest BCUT2D eigenvalue weighted by Crippen LogP contribution is -2.50. The first-order valence-electron chi connectivity index (χ1n) is 11.2. The number of thioether (sulfide) groups is 1. The molecule has 3 rings (SSSR count). The summed E-state index contributed by atoms with van der Waals surface area (Å²) < 4.78 is 29.6. The van der Waals surface area contributed by atoms with Gasteiger partial charge in [0.1, 0.15) is 0 Å². The van der Waals surface area contributed by atoms with Crippen LogP contribution in [0.5, 0.6) is 0 Å². The highest BCUT2D eigenvalue weighted by Gasteiger charge is 2.40. The highest BCUT2D eigenvalue weighted by Crippen LogP contribution is 2.39. The summed E-state index contributed by atoms with van der Waals surface area (Å²) in [5, 5.41) is 0.291. The standard InChI is InChI=1S/C25H35NO2S2/c1-5-6-8-14-23-24(29-22-12-9-7-10-13-22)15-11-16-26(23)30(27,28)25-20(3)17-19(2)18-21(25)4/h7,9-10,12-13,17-18,23-24H,5-6,8,11,14-16H2,1-4H3/t23-,24+/m1/s1. The van der Waals surface area contributed by atoms with E-state index in [0.717, 1.165) is 55.2 Å². The molecule has 1 heterocycles. The fourth-order valence-electron chi connectivity index (χ4n) is 4.73. The molecule has 5 heteroatoms. The maximum Gasteiger partial charge on any atom is 0.243 e. The van der Waals surface area contributed by atoms with Gasteiger partial charge in [-0.15, -0.1) is 11.8 Å². The molecule has 1 saturated heterocycles. The van der Waals surface area contributed by atoms with Gasteiger partial charge >= 0.3 is 0 Å². The molecular formula is C25H35NO2S2. The number of nitrogens with zero attached hydrogens (tertiary/aromatic N) is 1. The Bertz CT molecular complexity index is 918. The predicted molar refractivity (Wildman–Crippen MR) is 128 cm³/mol. The largest absolute Gasteiger partial charge is 0.243 e. The van der Waals surface area contributed by atoms with Crippen molar-refractivity contribution in [3.63, 3.8) is 0 Å². The highest BCUT2D eigenvalue weighted by atomic mass is 32.2. The molecule has 0 aliphatic carbocycles. The van der Waals surface area contributed by atoms with Crippen LogP contribution in [0, 0.1) is 20.8 Å². The molecule has 1 aliphatic heterocycles. The molecule has 1 aliphatic rings. The van der Waals surface area contributed by atoms with Crippen LogP contribution in [0.2, 0.25) is 0 Å². The Labute approximate surface area is 187 Å². The lowest BCUT2D eigenvalue weighted by Gasteiger charge is -2.40. The van der Waals surface area contributed by atoms with E-state index in [-0.39, 0.29) is 6.04 Å². The summed E-state index contributed by atoms with van der Waals surface area (Å²) in [6.07, 6.45) is 6.28. The first-order chi connectivity index (χ1) is 14.3. The molecule has 0 amide bonds. The molecule has 2 aromatic rings. The van der Waals surface area contributed by atoms with Gasteiger partial charge in [-0.25, -0.2) is 8.42 Å². The average Bonchev–Trinajstić information content (AvgIpc) is 2.69. The fraction of sp³-hybridized carbons (Fsp3) is 0.520. The molecule has 1 fully saturated rings. The number of aryl methyl sites for hydroxylation is 3. The Morgan fingerprint density at radius 3 is 2.33 bits per heavy atom. The van der Waals surface area contributed by atoms with Gasteiger partial charge in [0.2, 0.25) is 10.0 Å². The van der Waals surface area contributed by atoms with Crippen molar-refractivity contribution in [2.75, 3.05) is 6.54 Å². The van der Waals surface area contributed by atoms with E-state index in [4.69, 9.17) is 0 Å². The van der Waals surface area contributed by atoms with Crippen molar-refractivity contribution < 1.29 is 8.42 Å². The van der Waals surface area contributed by atoms with Gasteiger partial charge in [0.25, 0.3) is 0 Å². The molecule has 2 atom stereocenters. The van der Waals surface area contributed by atoms with E-state index >= 15 is 0 Å². The van der Waals surface area contributed by atoms with Crippen molar-refractivity contribution >= 4 is 21.8 Å². The second-order valence-electron chi connectivity index (χ2n) is 8.52. The number of benzene rings is 2. The van der Waals surface area contributed by atoms with Crippen molar-refractivity contribution in [3.8, 4) is 0 Å². The normalized spacial score (nSPS) is 20.4. The van der Waals surface area contributed by atoms with E-state index in [9.17, 15) is 8.42 Å². The maximum atomic E-state index is 13.9. The summed E-state index contributed by atoms with van der Waals surface area (Å²) in [5.41, 5.74) is 2.83. The van der Waals surface area contributed by atoms with Crippen molar-refractivity contribution in [1.29, 1.82) is 0 Å². The lowest BCUT2D eigenvalue weighted by molar-refractivity contribution is 0.243. The minimum absolute atomic E-state index is 0.0422. The van der Waals surface area contributed by atoms with Crippen LogP contribution in [-0.4, -0.2) is 30.6 Å². The van der Waals surface area contributed by atoms with Gasteiger partial charge in [0.05, 0.1) is 4.90 Å². The molecule has 0 radical (unpaired) electrons. The molecule has 0 unspecified atom stereocenters. The second-order valence-corrected chi connectivity index (χ2v) is 11.7. The first kappa shape index (κ1) is 23.4. The van der Waals surface area contributed by atoms with Gasteiger partial charge in [-0.05, 0) is 63.3 Å². The minimum atomic E-state index is -3.53. The average molecular weight is 446 g/mol. The third kappa shape index (κ3) is 5.30. The molecule has 0 spiro atoms. The number of sulfonamides is 1. The van der Waals surface area contributed by atoms with E-state index < -0.39 is 10.0 Å². The van der Waals surface area contributed by atoms with Crippen LogP contribution in [0.3, 0.4) is 0 Å². The second kappa shape index (κ2) is 10.3. The summed E-state index contributed by atoms with van der Waals surface area (Å²) in [6, 6.07) is 14.4. The zero-order valence-electron chi connectivity index (χ0n) is 18.7. The smallest absolute Gasteiger partial charge is 0.207 e. The minimum Gasteiger partial charge on any atom is -0.207 e. The fourth-order valence-corrected chi connectivity index (χ4v) is 8.34. The SMILES string of the molecule is CCCCC[C@@H]1[C@@H](Sc2ccccc2)CCCN1S(=O)(=O)c1c(C)cc(C)cc1C. The number of unbranched alkanes of at least 4 members (excludes halogenated alkanes) is 2. The third-order valence-corrected chi connectivity index (χ3v) is 9.60. The van der Waals surface area contributed by atoms with Crippen molar-refractivity contribution in [2.45, 2.75) is 87.3 Å². The van der Waals surface area contributed by atoms with Crippen LogP contribution in [0.25, 0.3) is 0 Å². The van der Waals surface area contributed by atoms with Crippen LogP contribution in [0.4, 0.5) is 0 Å². The first-order valence-corrected chi connectivity index (χ1v) is 13.5. The summed E-state index contributed by atoms with van der Waals surface area (Å²) in [7, 11) is -3.53. The molecule has 2 aromatic carbocycles. The zero-order chi connectivity index (χ0) is 21.7. The number of hydrogen-bond acceptors (Lipinski definition) is 3. The van der Waals surface area contributed by atoms with E-state index in [1.54, 1.807) is 0 Å². The molecule has 0 bridgehead atoms. The van der Waals surface area contributed by atoms with Crippen LogP contribution < -0.4 is 0 Å². The topological polar surface area (TPSA) is 37.4 Å². The summed E-state index contributed by atoms with van der Waals surface area (Å²) in [4.78, 5) is 1.74. The van der Waals surface area contributed by atoms with E-state index in [2.05, 4.69) is 31.2 Å². The highest BCUT2D eigenvalue weighted by molar-refractivity contribution is 8.00. The summed E-state index contributed by atoms with van der Waals surface area (Å²) in [6.45, 7) is 8.71. The van der Waals surface area contributed by atoms with Gasteiger partial charge in [0.15, 0.2) is 0 Å². The molecule has 0 N–H and O–H groups in total. The summed E-state index contributed by atoms with van der Waals surface area (Å²) in [5.74, 6) is 0. The Balaban J connectivity index is 1.95. The number of piperidine rings is 1. The Morgan fingerprint density at radius 2 is 1.70 bits per heavy atom. The molecule has 164 valence electrons. The maximum absolute atomic E-state index is 13.9.